The predicted molar refractivity (Wildman–Crippen MR) is 115 cm³/mol. The normalized spacial score (nSPS) is 11.1. The molecule has 0 bridgehead atoms. The Kier molecular flexibility index (Phi) is 6.78. The van der Waals surface area contributed by atoms with Crippen molar-refractivity contribution in [2.24, 2.45) is 0 Å². The highest BCUT2D eigenvalue weighted by Crippen LogP contribution is 2.23. The third-order valence-corrected chi connectivity index (χ3v) is 4.68. The Morgan fingerprint density at radius 3 is 2.43 bits per heavy atom. The zero-order valence-corrected chi connectivity index (χ0v) is 17.7. The van der Waals surface area contributed by atoms with E-state index in [1.807, 2.05) is 19.9 Å². The molecule has 0 spiro atoms. The van der Waals surface area contributed by atoms with Gasteiger partial charge in [0.2, 0.25) is 0 Å². The second-order valence-electron chi connectivity index (χ2n) is 6.44. The number of nitrogens with zero attached hydrogens (tertiary/aromatic N) is 2. The minimum atomic E-state index is -0.561. The zero-order chi connectivity index (χ0) is 21.7. The van der Waals surface area contributed by atoms with Gasteiger partial charge in [-0.2, -0.15) is 5.26 Å². The summed E-state index contributed by atoms with van der Waals surface area (Å²) in [6.45, 7) is 4.03. The number of benzene rings is 2. The molecular weight excluding hydrogens is 425 g/mol. The third-order valence-electron chi connectivity index (χ3n) is 4.24. The van der Waals surface area contributed by atoms with E-state index in [1.165, 1.54) is 6.08 Å². The largest absolute Gasteiger partial charge is 0.489 e. The van der Waals surface area contributed by atoms with Crippen LogP contribution in [0.1, 0.15) is 22.6 Å². The van der Waals surface area contributed by atoms with E-state index in [0.29, 0.717) is 33.7 Å². The molecule has 0 aliphatic rings. The van der Waals surface area contributed by atoms with E-state index in [2.05, 4.69) is 10.5 Å². The monoisotopic (exact) mass is 441 g/mol. The molecule has 0 aliphatic carbocycles. The quantitative estimate of drug-likeness (QED) is 0.390. The maximum atomic E-state index is 12.4. The van der Waals surface area contributed by atoms with Crippen LogP contribution in [0.4, 0.5) is 5.69 Å². The number of carbonyl (C=O) groups is 1. The van der Waals surface area contributed by atoms with E-state index in [0.717, 1.165) is 17.0 Å². The van der Waals surface area contributed by atoms with E-state index in [-0.39, 0.29) is 5.57 Å². The predicted octanol–water partition coefficient (Wildman–Crippen LogP) is 5.72. The lowest BCUT2D eigenvalue weighted by Gasteiger charge is -2.07. The number of carbonyl (C=O) groups excluding carboxylic acids is 1. The Morgan fingerprint density at radius 1 is 1.20 bits per heavy atom. The van der Waals surface area contributed by atoms with Crippen LogP contribution in [0, 0.1) is 25.2 Å². The summed E-state index contributed by atoms with van der Waals surface area (Å²) in [4.78, 5) is 12.4. The highest BCUT2D eigenvalue weighted by molar-refractivity contribution is 6.35. The van der Waals surface area contributed by atoms with E-state index in [4.69, 9.17) is 32.5 Å². The Labute approximate surface area is 183 Å². The van der Waals surface area contributed by atoms with Crippen LogP contribution in [0.15, 0.2) is 52.6 Å². The number of aryl methyl sites for hydroxylation is 2. The average Bonchev–Trinajstić information content (AvgIpc) is 3.02. The molecule has 0 fully saturated rings. The van der Waals surface area contributed by atoms with Crippen molar-refractivity contribution in [1.82, 2.24) is 5.16 Å². The van der Waals surface area contributed by atoms with Gasteiger partial charge in [-0.15, -0.1) is 0 Å². The van der Waals surface area contributed by atoms with Gasteiger partial charge in [-0.25, -0.2) is 0 Å². The minimum absolute atomic E-state index is 0.0597. The summed E-state index contributed by atoms with van der Waals surface area (Å²) in [7, 11) is 0. The molecule has 1 aromatic heterocycles. The molecule has 8 heteroatoms. The molecule has 0 saturated carbocycles. The van der Waals surface area contributed by atoms with Crippen LogP contribution in [0.5, 0.6) is 5.75 Å². The topological polar surface area (TPSA) is 88.2 Å². The lowest BCUT2D eigenvalue weighted by atomic mass is 10.1. The number of halogens is 2. The van der Waals surface area contributed by atoms with Crippen molar-refractivity contribution < 1.29 is 14.1 Å². The first-order valence-electron chi connectivity index (χ1n) is 8.89. The molecule has 0 atom stereocenters. The summed E-state index contributed by atoms with van der Waals surface area (Å²) in [6.07, 6.45) is 1.49. The summed E-state index contributed by atoms with van der Waals surface area (Å²) in [6, 6.07) is 13.6. The van der Waals surface area contributed by atoms with E-state index in [1.54, 1.807) is 42.5 Å². The number of hydrogen-bond donors (Lipinski definition) is 1. The number of nitriles is 1. The molecule has 30 heavy (non-hydrogen) atoms. The van der Waals surface area contributed by atoms with Gasteiger partial charge in [-0.1, -0.05) is 40.5 Å². The number of hydrogen-bond acceptors (Lipinski definition) is 5. The van der Waals surface area contributed by atoms with Crippen molar-refractivity contribution in [2.45, 2.75) is 20.5 Å². The van der Waals surface area contributed by atoms with Gasteiger partial charge in [-0.05, 0) is 55.8 Å². The van der Waals surface area contributed by atoms with Gasteiger partial charge in [0.15, 0.2) is 0 Å². The van der Waals surface area contributed by atoms with Crippen LogP contribution < -0.4 is 10.1 Å². The average molecular weight is 442 g/mol. The van der Waals surface area contributed by atoms with Crippen LogP contribution in [0.25, 0.3) is 6.08 Å². The van der Waals surface area contributed by atoms with E-state index >= 15 is 0 Å². The Morgan fingerprint density at radius 2 is 1.87 bits per heavy atom. The first-order valence-corrected chi connectivity index (χ1v) is 9.65. The summed E-state index contributed by atoms with van der Waals surface area (Å²) < 4.78 is 10.9. The van der Waals surface area contributed by atoms with Crippen molar-refractivity contribution >= 4 is 40.9 Å². The first kappa shape index (κ1) is 21.4. The fourth-order valence-electron chi connectivity index (χ4n) is 2.66. The second kappa shape index (κ2) is 9.49. The Bertz CT molecular complexity index is 1110. The number of rotatable bonds is 6. The van der Waals surface area contributed by atoms with Crippen LogP contribution in [0.3, 0.4) is 0 Å². The molecule has 152 valence electrons. The van der Waals surface area contributed by atoms with Crippen molar-refractivity contribution in [3.8, 4) is 11.8 Å². The lowest BCUT2D eigenvalue weighted by molar-refractivity contribution is -0.112. The number of aromatic nitrogens is 1. The van der Waals surface area contributed by atoms with Crippen molar-refractivity contribution in [3.05, 3.63) is 80.7 Å². The van der Waals surface area contributed by atoms with Crippen LogP contribution >= 0.6 is 23.2 Å². The van der Waals surface area contributed by atoms with E-state index in [9.17, 15) is 10.1 Å². The number of anilines is 1. The number of amides is 1. The molecular formula is C22H17Cl2N3O3. The Balaban J connectivity index is 1.68. The van der Waals surface area contributed by atoms with Crippen LogP contribution in [-0.4, -0.2) is 11.1 Å². The summed E-state index contributed by atoms with van der Waals surface area (Å²) in [5, 5.41) is 16.6. The van der Waals surface area contributed by atoms with Gasteiger partial charge in [0.1, 0.15) is 29.8 Å². The van der Waals surface area contributed by atoms with Crippen molar-refractivity contribution in [3.63, 3.8) is 0 Å². The standard InChI is InChI=1S/C22H17Cl2N3O3/c1-13-21(14(2)30-27-13)12-29-20-5-3-15(4-6-20)7-16(11-25)22(28)26-19-9-17(23)8-18(24)10-19/h3-10H,12H2,1-2H3,(H,26,28)/b16-7+. The van der Waals surface area contributed by atoms with Gasteiger partial charge >= 0.3 is 0 Å². The first-order chi connectivity index (χ1) is 14.4. The fourth-order valence-corrected chi connectivity index (χ4v) is 3.19. The molecule has 1 N–H and O–H groups in total. The maximum Gasteiger partial charge on any atom is 0.266 e. The third kappa shape index (κ3) is 5.41. The van der Waals surface area contributed by atoms with Gasteiger partial charge in [0.25, 0.3) is 5.91 Å². The molecule has 0 unspecified atom stereocenters. The van der Waals surface area contributed by atoms with Gasteiger partial charge in [0.05, 0.1) is 11.3 Å². The lowest BCUT2D eigenvalue weighted by Crippen LogP contribution is -2.13. The van der Waals surface area contributed by atoms with E-state index < -0.39 is 5.91 Å². The molecule has 0 saturated heterocycles. The van der Waals surface area contributed by atoms with Gasteiger partial charge in [-0.3, -0.25) is 4.79 Å². The summed E-state index contributed by atoms with van der Waals surface area (Å²) in [5.74, 6) is 0.802. The maximum absolute atomic E-state index is 12.4. The molecule has 0 aliphatic heterocycles. The SMILES string of the molecule is Cc1noc(C)c1COc1ccc(/C=C(\C#N)C(=O)Nc2cc(Cl)cc(Cl)c2)cc1. The fraction of sp³-hybridized carbons (Fsp3) is 0.136. The smallest absolute Gasteiger partial charge is 0.266 e. The minimum Gasteiger partial charge on any atom is -0.489 e. The molecule has 2 aromatic carbocycles. The van der Waals surface area contributed by atoms with Gasteiger partial charge in [0, 0.05) is 15.7 Å². The van der Waals surface area contributed by atoms with Crippen molar-refractivity contribution in [2.75, 3.05) is 5.32 Å². The second-order valence-corrected chi connectivity index (χ2v) is 7.32. The summed E-state index contributed by atoms with van der Waals surface area (Å²) >= 11 is 11.9. The molecule has 3 aromatic rings. The van der Waals surface area contributed by atoms with Gasteiger partial charge < -0.3 is 14.6 Å². The molecule has 1 heterocycles. The molecule has 6 nitrogen and oxygen atoms in total. The summed E-state index contributed by atoms with van der Waals surface area (Å²) in [5.41, 5.74) is 2.72. The highest BCUT2D eigenvalue weighted by atomic mass is 35.5. The molecule has 1 amide bonds. The number of ether oxygens (including phenoxy) is 1. The molecule has 3 rings (SSSR count). The van der Waals surface area contributed by atoms with Crippen molar-refractivity contribution in [1.29, 1.82) is 5.26 Å². The zero-order valence-electron chi connectivity index (χ0n) is 16.2. The van der Waals surface area contributed by atoms with Crippen LogP contribution in [0.2, 0.25) is 10.0 Å². The highest BCUT2D eigenvalue weighted by Gasteiger charge is 2.12. The number of nitrogens with one attached hydrogen (secondary N) is 1. The molecule has 0 radical (unpaired) electrons. The van der Waals surface area contributed by atoms with Crippen LogP contribution in [-0.2, 0) is 11.4 Å². The Hall–Kier alpha value is -3.27.